The molecule has 128 valence electrons. The Hall–Kier alpha value is -1.50. The van der Waals surface area contributed by atoms with Crippen molar-refractivity contribution in [1.82, 2.24) is 0 Å². The summed E-state index contributed by atoms with van der Waals surface area (Å²) in [5, 5.41) is 0. The van der Waals surface area contributed by atoms with E-state index in [2.05, 4.69) is 98.1 Å². The van der Waals surface area contributed by atoms with Crippen LogP contribution in [0.3, 0.4) is 0 Å². The van der Waals surface area contributed by atoms with Gasteiger partial charge in [0.2, 0.25) is 0 Å². The van der Waals surface area contributed by atoms with Gasteiger partial charge >= 0.3 is 166 Å². The predicted octanol–water partition coefficient (Wildman–Crippen LogP) is 6.60. The molecule has 0 saturated heterocycles. The molecule has 2 aromatic carbocycles. The molecule has 0 spiro atoms. The first-order valence-electron chi connectivity index (χ1n) is 9.34. The van der Waals surface area contributed by atoms with E-state index in [0.29, 0.717) is 0 Å². The standard InChI is InChI=1S/2C11H9.C2H6Si.Zr/c2*1-2-6-10(7-3-1)11-8-4-5-9-11;1-3-2;/h2*1-4,6-8H,5H2;1-2H3;. The second-order valence-electron chi connectivity index (χ2n) is 7.10. The Balaban J connectivity index is 1.87. The maximum atomic E-state index is 2.56. The van der Waals surface area contributed by atoms with Gasteiger partial charge in [0.25, 0.3) is 0 Å². The van der Waals surface area contributed by atoms with Gasteiger partial charge in [-0.3, -0.25) is 0 Å². The van der Waals surface area contributed by atoms with Gasteiger partial charge < -0.3 is 0 Å². The van der Waals surface area contributed by atoms with Gasteiger partial charge in [0.1, 0.15) is 0 Å². The normalized spacial score (nSPS) is 15.9. The van der Waals surface area contributed by atoms with Crippen LogP contribution in [0.4, 0.5) is 0 Å². The fraction of sp³-hybridized carbons (Fsp3) is 0.167. The Morgan fingerprint density at radius 2 is 1.08 bits per heavy atom. The van der Waals surface area contributed by atoms with Crippen LogP contribution >= 0.6 is 0 Å². The molecule has 2 heteroatoms. The Bertz CT molecular complexity index is 894. The molecule has 2 aliphatic carbocycles. The molecule has 0 saturated carbocycles. The summed E-state index contributed by atoms with van der Waals surface area (Å²) in [6.45, 7) is 5.11. The summed E-state index contributed by atoms with van der Waals surface area (Å²) in [5.41, 5.74) is 5.58. The summed E-state index contributed by atoms with van der Waals surface area (Å²) in [5.74, 6) is 0. The van der Waals surface area contributed by atoms with Crippen LogP contribution in [0.15, 0.2) is 91.5 Å². The monoisotopic (exact) mass is 430 g/mol. The number of benzene rings is 2. The molecule has 0 atom stereocenters. The van der Waals surface area contributed by atoms with Crippen molar-refractivity contribution in [2.75, 3.05) is 0 Å². The van der Waals surface area contributed by atoms with Gasteiger partial charge in [0.15, 0.2) is 0 Å². The van der Waals surface area contributed by atoms with Crippen LogP contribution in [0.2, 0.25) is 13.1 Å². The van der Waals surface area contributed by atoms with E-state index in [1.54, 1.807) is 0 Å². The number of hydrogen-bond acceptors (Lipinski definition) is 0. The van der Waals surface area contributed by atoms with Crippen LogP contribution in [0.5, 0.6) is 0 Å². The van der Waals surface area contributed by atoms with Gasteiger partial charge in [-0.25, -0.2) is 0 Å². The van der Waals surface area contributed by atoms with Crippen molar-refractivity contribution < 1.29 is 20.4 Å². The molecule has 0 N–H and O–H groups in total. The number of rotatable bonds is 4. The van der Waals surface area contributed by atoms with Gasteiger partial charge in [-0.1, -0.05) is 0 Å². The Morgan fingerprint density at radius 1 is 0.654 bits per heavy atom. The second kappa shape index (κ2) is 8.03. The van der Waals surface area contributed by atoms with Gasteiger partial charge in [-0.05, 0) is 0 Å². The molecule has 2 aromatic rings. The van der Waals surface area contributed by atoms with E-state index in [9.17, 15) is 0 Å². The van der Waals surface area contributed by atoms with Crippen LogP contribution in [0.1, 0.15) is 24.0 Å². The molecule has 0 amide bonds. The molecule has 0 heterocycles. The zero-order valence-corrected chi connectivity index (χ0v) is 19.0. The van der Waals surface area contributed by atoms with Crippen molar-refractivity contribution in [3.05, 3.63) is 103 Å². The van der Waals surface area contributed by atoms with Crippen molar-refractivity contribution in [1.29, 1.82) is 0 Å². The van der Waals surface area contributed by atoms with E-state index in [1.165, 1.54) is 35.1 Å². The molecule has 0 aliphatic heterocycles. The van der Waals surface area contributed by atoms with Crippen LogP contribution in [0, 0.1) is 0 Å². The summed E-state index contributed by atoms with van der Waals surface area (Å²) in [7, 11) is 0. The molecule has 0 unspecified atom stereocenters. The first-order valence-corrected chi connectivity index (χ1v) is 18.0. The summed E-state index contributed by atoms with van der Waals surface area (Å²) in [6.07, 6.45) is 11.9. The molecule has 0 fully saturated rings. The first-order chi connectivity index (χ1) is 12.8. The van der Waals surface area contributed by atoms with E-state index >= 15 is 0 Å². The van der Waals surface area contributed by atoms with E-state index in [0.717, 1.165) is 0 Å². The van der Waals surface area contributed by atoms with E-state index < -0.39 is 20.4 Å². The zero-order chi connectivity index (χ0) is 17.9. The molecular weight excluding hydrogens is 408 g/mol. The van der Waals surface area contributed by atoms with Gasteiger partial charge in [-0.15, -0.1) is 0 Å². The molecule has 2 aliphatic rings. The van der Waals surface area contributed by atoms with E-state index in [1.807, 2.05) is 6.56 Å². The zero-order valence-electron chi connectivity index (χ0n) is 15.5. The molecular formula is C24H24SiZr. The number of allylic oxidation sites excluding steroid dienone is 8. The van der Waals surface area contributed by atoms with Crippen molar-refractivity contribution >= 4 is 16.6 Å². The average molecular weight is 432 g/mol. The molecule has 4 rings (SSSR count). The topological polar surface area (TPSA) is 0 Å². The SMILES string of the molecule is C[Si](C)=[Zr]([C]1=C(c2ccccc2)C=CC1)[C]1=C(c2ccccc2)C=CC1. The molecule has 26 heavy (non-hydrogen) atoms. The quantitative estimate of drug-likeness (QED) is 0.478. The van der Waals surface area contributed by atoms with Crippen molar-refractivity contribution in [2.24, 2.45) is 0 Å². The summed E-state index contributed by atoms with van der Waals surface area (Å²) >= 11 is -1.85. The fourth-order valence-electron chi connectivity index (χ4n) is 4.05. The summed E-state index contributed by atoms with van der Waals surface area (Å²) < 4.78 is 3.65. The average Bonchev–Trinajstić information content (AvgIpc) is 3.33. The second-order valence-corrected chi connectivity index (χ2v) is 24.2. The minimum atomic E-state index is -1.85. The van der Waals surface area contributed by atoms with Crippen LogP contribution < -0.4 is 0 Å². The third-order valence-corrected chi connectivity index (χ3v) is 22.4. The van der Waals surface area contributed by atoms with Gasteiger partial charge in [0.05, 0.1) is 0 Å². The Morgan fingerprint density at radius 3 is 1.46 bits per heavy atom. The first kappa shape index (κ1) is 17.9. The van der Waals surface area contributed by atoms with Crippen LogP contribution in [0.25, 0.3) is 11.1 Å². The fourth-order valence-corrected chi connectivity index (χ4v) is 21.9. The minimum absolute atomic E-state index is 0.317. The molecule has 0 radical (unpaired) electrons. The summed E-state index contributed by atoms with van der Waals surface area (Å²) in [4.78, 5) is 0. The van der Waals surface area contributed by atoms with Crippen molar-refractivity contribution in [3.63, 3.8) is 0 Å². The Kier molecular flexibility index (Phi) is 5.52. The van der Waals surface area contributed by atoms with Crippen molar-refractivity contribution in [3.8, 4) is 0 Å². The van der Waals surface area contributed by atoms with Crippen LogP contribution in [-0.4, -0.2) is 5.43 Å². The molecule has 0 bridgehead atoms. The summed E-state index contributed by atoms with van der Waals surface area (Å²) in [6, 6.07) is 22.0. The van der Waals surface area contributed by atoms with E-state index in [-0.39, 0.29) is 5.43 Å². The van der Waals surface area contributed by atoms with Gasteiger partial charge in [0, 0.05) is 0 Å². The van der Waals surface area contributed by atoms with Crippen molar-refractivity contribution in [2.45, 2.75) is 25.9 Å². The predicted molar refractivity (Wildman–Crippen MR) is 112 cm³/mol. The maximum absolute atomic E-state index is 2.56. The van der Waals surface area contributed by atoms with Crippen LogP contribution in [-0.2, 0) is 20.4 Å². The van der Waals surface area contributed by atoms with Gasteiger partial charge in [-0.2, -0.15) is 0 Å². The third kappa shape index (κ3) is 3.50. The van der Waals surface area contributed by atoms with E-state index in [4.69, 9.17) is 0 Å². The molecule has 0 aromatic heterocycles. The number of hydrogen-bond donors (Lipinski definition) is 0. The molecule has 0 nitrogen and oxygen atoms in total. The third-order valence-electron chi connectivity index (χ3n) is 5.14. The Labute approximate surface area is 164 Å².